The molecule has 1 atom stereocenters. The fraction of sp³-hybridized carbons (Fsp3) is 0.357. The molecule has 92 valence electrons. The Kier molecular flexibility index (Phi) is 5.23. The quantitative estimate of drug-likeness (QED) is 0.439. The molecule has 1 rings (SSSR count). The number of rotatable bonds is 6. The van der Waals surface area contributed by atoms with Crippen LogP contribution in [0.15, 0.2) is 43.0 Å². The van der Waals surface area contributed by atoms with E-state index in [9.17, 15) is 4.79 Å². The van der Waals surface area contributed by atoms with Gasteiger partial charge in [0, 0.05) is 12.8 Å². The van der Waals surface area contributed by atoms with Crippen LogP contribution in [0.3, 0.4) is 0 Å². The fourth-order valence-electron chi connectivity index (χ4n) is 1.82. The first-order chi connectivity index (χ1) is 8.14. The van der Waals surface area contributed by atoms with E-state index in [1.165, 1.54) is 6.92 Å². The van der Waals surface area contributed by atoms with Crippen molar-refractivity contribution in [1.29, 1.82) is 0 Å². The molecule has 17 heavy (non-hydrogen) atoms. The maximum absolute atomic E-state index is 11.3. The van der Waals surface area contributed by atoms with Crippen molar-refractivity contribution in [2.45, 2.75) is 25.4 Å². The number of carbonyl (C=O) groups excluding carboxylic acids is 1. The number of ether oxygens (including phenoxy) is 1. The number of carbonyl (C=O) groups is 1. The normalized spacial score (nSPS) is 13.8. The molecule has 0 radical (unpaired) electrons. The van der Waals surface area contributed by atoms with Crippen LogP contribution in [0.5, 0.6) is 0 Å². The van der Waals surface area contributed by atoms with Gasteiger partial charge in [0.25, 0.3) is 0 Å². The Balaban J connectivity index is 3.06. The van der Waals surface area contributed by atoms with E-state index in [1.54, 1.807) is 6.08 Å². The summed E-state index contributed by atoms with van der Waals surface area (Å²) < 4.78 is 5.46. The van der Waals surface area contributed by atoms with Crippen molar-refractivity contribution in [3.63, 3.8) is 0 Å². The smallest absolute Gasteiger partial charge is 0.303 e. The van der Waals surface area contributed by atoms with Crippen molar-refractivity contribution in [3.05, 3.63) is 48.6 Å². The van der Waals surface area contributed by atoms with Crippen molar-refractivity contribution in [3.8, 4) is 0 Å². The summed E-state index contributed by atoms with van der Waals surface area (Å²) >= 11 is 5.71. The van der Waals surface area contributed by atoms with Gasteiger partial charge in [-0.3, -0.25) is 4.79 Å². The number of hydrogen-bond acceptors (Lipinski definition) is 2. The monoisotopic (exact) mass is 252 g/mol. The molecule has 1 aromatic carbocycles. The summed E-state index contributed by atoms with van der Waals surface area (Å²) in [5.41, 5.74) is 0.164. The lowest BCUT2D eigenvalue weighted by molar-refractivity contribution is -0.154. The van der Waals surface area contributed by atoms with Crippen LogP contribution < -0.4 is 0 Å². The van der Waals surface area contributed by atoms with E-state index >= 15 is 0 Å². The molecule has 0 aromatic heterocycles. The molecule has 1 aromatic rings. The van der Waals surface area contributed by atoms with Crippen molar-refractivity contribution in [2.24, 2.45) is 0 Å². The van der Waals surface area contributed by atoms with E-state index in [0.29, 0.717) is 12.3 Å². The Morgan fingerprint density at radius 2 is 2.12 bits per heavy atom. The Morgan fingerprint density at radius 3 is 2.59 bits per heavy atom. The van der Waals surface area contributed by atoms with Gasteiger partial charge in [0.1, 0.15) is 0 Å². The molecule has 0 aliphatic carbocycles. The molecule has 1 unspecified atom stereocenters. The summed E-state index contributed by atoms with van der Waals surface area (Å²) in [5, 5.41) is 0. The molecule has 0 saturated heterocycles. The van der Waals surface area contributed by atoms with Crippen LogP contribution in [0.1, 0.15) is 25.3 Å². The predicted molar refractivity (Wildman–Crippen MR) is 70.0 cm³/mol. The molecular formula is C14H17ClO2. The van der Waals surface area contributed by atoms with Crippen molar-refractivity contribution < 1.29 is 9.53 Å². The number of hydrogen-bond donors (Lipinski definition) is 0. The van der Waals surface area contributed by atoms with Crippen LogP contribution in [0.2, 0.25) is 0 Å². The number of alkyl halides is 1. The maximum Gasteiger partial charge on any atom is 0.303 e. The molecule has 0 saturated carbocycles. The van der Waals surface area contributed by atoms with Gasteiger partial charge in [-0.2, -0.15) is 0 Å². The molecule has 0 amide bonds. The van der Waals surface area contributed by atoms with Gasteiger partial charge in [0.2, 0.25) is 0 Å². The highest BCUT2D eigenvalue weighted by atomic mass is 35.5. The average Bonchev–Trinajstić information content (AvgIpc) is 2.35. The molecule has 0 N–H and O–H groups in total. The highest BCUT2D eigenvalue weighted by Crippen LogP contribution is 2.32. The summed E-state index contributed by atoms with van der Waals surface area (Å²) in [5.74, 6) is 0.215. The zero-order valence-corrected chi connectivity index (χ0v) is 10.7. The van der Waals surface area contributed by atoms with Crippen molar-refractivity contribution in [2.75, 3.05) is 5.88 Å². The van der Waals surface area contributed by atoms with Gasteiger partial charge in [0.05, 0.1) is 0 Å². The summed E-state index contributed by atoms with van der Waals surface area (Å²) in [4.78, 5) is 11.3. The maximum atomic E-state index is 11.3. The highest BCUT2D eigenvalue weighted by Gasteiger charge is 2.31. The third kappa shape index (κ3) is 3.60. The summed E-state index contributed by atoms with van der Waals surface area (Å²) in [6.45, 7) is 5.20. The van der Waals surface area contributed by atoms with E-state index in [0.717, 1.165) is 12.0 Å². The van der Waals surface area contributed by atoms with Gasteiger partial charge < -0.3 is 4.74 Å². The van der Waals surface area contributed by atoms with Crippen molar-refractivity contribution in [1.82, 2.24) is 0 Å². The fourth-order valence-corrected chi connectivity index (χ4v) is 1.96. The van der Waals surface area contributed by atoms with E-state index in [4.69, 9.17) is 16.3 Å². The largest absolute Gasteiger partial charge is 0.450 e. The third-order valence-corrected chi connectivity index (χ3v) is 2.87. The van der Waals surface area contributed by atoms with Gasteiger partial charge in [-0.25, -0.2) is 0 Å². The topological polar surface area (TPSA) is 26.3 Å². The molecule has 0 fully saturated rings. The summed E-state index contributed by atoms with van der Waals surface area (Å²) in [6, 6.07) is 9.61. The Hall–Kier alpha value is -1.28. The van der Waals surface area contributed by atoms with Gasteiger partial charge in [-0.1, -0.05) is 36.9 Å². The van der Waals surface area contributed by atoms with Crippen LogP contribution >= 0.6 is 11.6 Å². The van der Waals surface area contributed by atoms with Crippen LogP contribution in [0.25, 0.3) is 0 Å². The Labute approximate surface area is 107 Å². The third-order valence-electron chi connectivity index (χ3n) is 2.60. The van der Waals surface area contributed by atoms with Gasteiger partial charge in [0.15, 0.2) is 5.60 Å². The second-order valence-corrected chi connectivity index (χ2v) is 4.22. The minimum atomic E-state index is -0.762. The lowest BCUT2D eigenvalue weighted by Crippen LogP contribution is -2.29. The molecule has 0 aliphatic rings. The minimum Gasteiger partial charge on any atom is -0.450 e. The molecular weight excluding hydrogens is 236 g/mol. The molecule has 2 nitrogen and oxygen atoms in total. The highest BCUT2D eigenvalue weighted by molar-refractivity contribution is 6.17. The zero-order valence-electron chi connectivity index (χ0n) is 9.99. The van der Waals surface area contributed by atoms with Crippen LogP contribution in [-0.2, 0) is 15.1 Å². The van der Waals surface area contributed by atoms with Crippen LogP contribution in [-0.4, -0.2) is 11.8 Å². The first-order valence-electron chi connectivity index (χ1n) is 5.59. The van der Waals surface area contributed by atoms with Crippen LogP contribution in [0.4, 0.5) is 0 Å². The second kappa shape index (κ2) is 6.45. The van der Waals surface area contributed by atoms with Crippen molar-refractivity contribution >= 4 is 17.6 Å². The van der Waals surface area contributed by atoms with E-state index in [2.05, 4.69) is 6.58 Å². The summed E-state index contributed by atoms with van der Waals surface area (Å²) in [6.07, 6.45) is 3.08. The SMILES string of the molecule is C=CC(CCCCl)(OC(C)=O)c1ccccc1. The van der Waals surface area contributed by atoms with Gasteiger partial charge in [-0.15, -0.1) is 11.6 Å². The van der Waals surface area contributed by atoms with E-state index in [1.807, 2.05) is 30.3 Å². The standard InChI is InChI=1S/C14H17ClO2/c1-3-14(10-7-11-15,17-12(2)16)13-8-5-4-6-9-13/h3-6,8-9H,1,7,10-11H2,2H3. The van der Waals surface area contributed by atoms with Gasteiger partial charge in [-0.05, 0) is 24.5 Å². The minimum absolute atomic E-state index is 0.316. The summed E-state index contributed by atoms with van der Waals surface area (Å²) in [7, 11) is 0. The molecule has 0 heterocycles. The van der Waals surface area contributed by atoms with Gasteiger partial charge >= 0.3 is 5.97 Å². The Morgan fingerprint density at radius 1 is 1.47 bits per heavy atom. The zero-order chi connectivity index (χ0) is 12.7. The number of benzene rings is 1. The average molecular weight is 253 g/mol. The predicted octanol–water partition coefficient (Wildman–Crippen LogP) is 3.65. The Bertz CT molecular complexity index is 375. The molecule has 0 spiro atoms. The first kappa shape index (κ1) is 13.8. The first-order valence-corrected chi connectivity index (χ1v) is 6.13. The second-order valence-electron chi connectivity index (χ2n) is 3.85. The lowest BCUT2D eigenvalue weighted by Gasteiger charge is -2.30. The molecule has 0 aliphatic heterocycles. The number of esters is 1. The lowest BCUT2D eigenvalue weighted by atomic mass is 9.89. The van der Waals surface area contributed by atoms with E-state index < -0.39 is 5.60 Å². The van der Waals surface area contributed by atoms with E-state index in [-0.39, 0.29) is 5.97 Å². The molecule has 3 heteroatoms. The number of halogens is 1. The van der Waals surface area contributed by atoms with Crippen LogP contribution in [0, 0.1) is 0 Å². The molecule has 0 bridgehead atoms.